The van der Waals surface area contributed by atoms with Crippen molar-refractivity contribution in [3.63, 3.8) is 0 Å². The molecule has 0 aromatic rings. The molecule has 0 aromatic carbocycles. The van der Waals surface area contributed by atoms with Crippen LogP contribution in [0.1, 0.15) is 105 Å². The average molecular weight is 403 g/mol. The second kappa shape index (κ2) is 6.96. The van der Waals surface area contributed by atoms with Gasteiger partial charge in [-0.1, -0.05) is 53.9 Å². The largest absolute Gasteiger partial charge is 0.393 e. The fraction of sp³-hybridized carbons (Fsp3) is 1.00. The Labute approximate surface area is 179 Å². The molecule has 0 amide bonds. The van der Waals surface area contributed by atoms with Gasteiger partial charge >= 0.3 is 0 Å². The predicted molar refractivity (Wildman–Crippen MR) is 119 cm³/mol. The summed E-state index contributed by atoms with van der Waals surface area (Å²) in [4.78, 5) is 0. The zero-order valence-corrected chi connectivity index (χ0v) is 19.8. The first-order chi connectivity index (χ1) is 13.7. The second-order valence-electron chi connectivity index (χ2n) is 13.0. The van der Waals surface area contributed by atoms with E-state index in [1.807, 2.05) is 0 Å². The van der Waals surface area contributed by atoms with E-state index in [-0.39, 0.29) is 11.7 Å². The standard InChI is InChI=1S/C27H46O2/c1-17(2)7-6-8-18(3)21-9-10-22-20-15-24-27(29-24)16-19(28)11-14-26(27,5)23(20)12-13-25(21,22)4/h17-24,28H,6-16H2,1-5H3/t18?,19?,20?,21?,22?,23?,24?,25-,26-,27+/m1/s1. The third-order valence-electron chi connectivity index (χ3n) is 11.3. The van der Waals surface area contributed by atoms with E-state index in [2.05, 4.69) is 34.6 Å². The van der Waals surface area contributed by atoms with E-state index in [0.717, 1.165) is 48.3 Å². The van der Waals surface area contributed by atoms with E-state index >= 15 is 0 Å². The summed E-state index contributed by atoms with van der Waals surface area (Å²) in [5, 5.41) is 10.4. The summed E-state index contributed by atoms with van der Waals surface area (Å²) in [5.74, 6) is 5.31. The number of aliphatic hydroxyl groups is 1. The molecular weight excluding hydrogens is 356 g/mol. The van der Waals surface area contributed by atoms with Crippen LogP contribution in [0.5, 0.6) is 0 Å². The number of hydrogen-bond acceptors (Lipinski definition) is 2. The van der Waals surface area contributed by atoms with E-state index in [1.54, 1.807) is 0 Å². The number of rotatable bonds is 5. The first-order valence-corrected chi connectivity index (χ1v) is 13.1. The minimum atomic E-state index is -0.124. The van der Waals surface area contributed by atoms with Crippen molar-refractivity contribution >= 4 is 0 Å². The second-order valence-corrected chi connectivity index (χ2v) is 13.0. The van der Waals surface area contributed by atoms with Gasteiger partial charge in [0.15, 0.2) is 0 Å². The third kappa shape index (κ3) is 2.94. The lowest BCUT2D eigenvalue weighted by molar-refractivity contribution is -0.116. The summed E-state index contributed by atoms with van der Waals surface area (Å²) in [6.07, 6.45) is 14.8. The molecule has 1 saturated heterocycles. The molecule has 2 heteroatoms. The van der Waals surface area contributed by atoms with Crippen molar-refractivity contribution < 1.29 is 9.84 Å². The van der Waals surface area contributed by atoms with Crippen LogP contribution in [-0.4, -0.2) is 22.9 Å². The van der Waals surface area contributed by atoms with Crippen molar-refractivity contribution in [2.45, 2.75) is 123 Å². The molecule has 0 bridgehead atoms. The molecule has 4 saturated carbocycles. The highest BCUT2D eigenvalue weighted by molar-refractivity contribution is 5.24. The molecule has 7 unspecified atom stereocenters. The maximum atomic E-state index is 10.4. The zero-order valence-electron chi connectivity index (χ0n) is 19.8. The molecular formula is C27H46O2. The molecule has 1 spiro atoms. The van der Waals surface area contributed by atoms with Crippen LogP contribution in [0.3, 0.4) is 0 Å². The average Bonchev–Trinajstić information content (AvgIpc) is 3.22. The first-order valence-electron chi connectivity index (χ1n) is 13.1. The molecule has 5 fully saturated rings. The van der Waals surface area contributed by atoms with E-state index in [4.69, 9.17) is 4.74 Å². The Hall–Kier alpha value is -0.0800. The Kier molecular flexibility index (Phi) is 4.99. The smallest absolute Gasteiger partial charge is 0.103 e. The quantitative estimate of drug-likeness (QED) is 0.525. The van der Waals surface area contributed by atoms with Gasteiger partial charge < -0.3 is 9.84 Å². The molecule has 5 aliphatic rings. The molecule has 4 aliphatic carbocycles. The maximum Gasteiger partial charge on any atom is 0.103 e. The fourth-order valence-corrected chi connectivity index (χ4v) is 9.68. The van der Waals surface area contributed by atoms with Crippen molar-refractivity contribution in [1.29, 1.82) is 0 Å². The SMILES string of the molecule is CC(C)CCCC(C)C1CCC2C3CC4O[C@@]45CC(O)CC[C@]5(C)C3CC[C@]12C. The third-order valence-corrected chi connectivity index (χ3v) is 11.3. The number of hydrogen-bond donors (Lipinski definition) is 1. The number of ether oxygens (including phenoxy) is 1. The fourth-order valence-electron chi connectivity index (χ4n) is 9.68. The molecule has 166 valence electrons. The van der Waals surface area contributed by atoms with Gasteiger partial charge in [-0.05, 0) is 85.9 Å². The van der Waals surface area contributed by atoms with Crippen LogP contribution in [0, 0.1) is 46.3 Å². The Morgan fingerprint density at radius 1 is 0.966 bits per heavy atom. The summed E-state index contributed by atoms with van der Waals surface area (Å²) in [5.41, 5.74) is 0.932. The van der Waals surface area contributed by atoms with Crippen molar-refractivity contribution in [3.8, 4) is 0 Å². The molecule has 1 aliphatic heterocycles. The Morgan fingerprint density at radius 2 is 1.76 bits per heavy atom. The summed E-state index contributed by atoms with van der Waals surface area (Å²) in [6.45, 7) is 12.6. The Balaban J connectivity index is 1.33. The van der Waals surface area contributed by atoms with Gasteiger partial charge in [-0.2, -0.15) is 0 Å². The number of aliphatic hydroxyl groups excluding tert-OH is 1. The van der Waals surface area contributed by atoms with E-state index < -0.39 is 0 Å². The zero-order chi connectivity index (χ0) is 20.6. The molecule has 0 aromatic heterocycles. The lowest BCUT2D eigenvalue weighted by atomic mass is 9.44. The van der Waals surface area contributed by atoms with Gasteiger partial charge in [-0.15, -0.1) is 0 Å². The lowest BCUT2D eigenvalue weighted by Crippen LogP contribution is -2.58. The molecule has 1 heterocycles. The molecule has 2 nitrogen and oxygen atoms in total. The monoisotopic (exact) mass is 402 g/mol. The van der Waals surface area contributed by atoms with Crippen LogP contribution in [0.15, 0.2) is 0 Å². The van der Waals surface area contributed by atoms with Gasteiger partial charge in [0.1, 0.15) is 5.60 Å². The summed E-state index contributed by atoms with van der Waals surface area (Å²) in [6, 6.07) is 0. The highest BCUT2D eigenvalue weighted by Crippen LogP contribution is 2.74. The highest BCUT2D eigenvalue weighted by atomic mass is 16.6. The normalized spacial score (nSPS) is 54.3. The Bertz CT molecular complexity index is 630. The lowest BCUT2D eigenvalue weighted by Gasteiger charge is -2.59. The highest BCUT2D eigenvalue weighted by Gasteiger charge is 2.76. The Morgan fingerprint density at radius 3 is 2.52 bits per heavy atom. The van der Waals surface area contributed by atoms with Crippen LogP contribution >= 0.6 is 0 Å². The minimum Gasteiger partial charge on any atom is -0.393 e. The predicted octanol–water partition coefficient (Wildman–Crippen LogP) is 6.60. The van der Waals surface area contributed by atoms with E-state index in [0.29, 0.717) is 16.9 Å². The van der Waals surface area contributed by atoms with E-state index in [9.17, 15) is 5.11 Å². The van der Waals surface area contributed by atoms with Gasteiger partial charge in [-0.3, -0.25) is 0 Å². The molecule has 29 heavy (non-hydrogen) atoms. The van der Waals surface area contributed by atoms with Gasteiger partial charge in [0.25, 0.3) is 0 Å². The van der Waals surface area contributed by atoms with Crippen LogP contribution in [0.25, 0.3) is 0 Å². The topological polar surface area (TPSA) is 32.8 Å². The van der Waals surface area contributed by atoms with Gasteiger partial charge in [-0.25, -0.2) is 0 Å². The van der Waals surface area contributed by atoms with Gasteiger partial charge in [0.05, 0.1) is 12.2 Å². The summed E-state index contributed by atoms with van der Waals surface area (Å²) in [7, 11) is 0. The molecule has 5 rings (SSSR count). The molecule has 1 N–H and O–H groups in total. The molecule has 10 atom stereocenters. The summed E-state index contributed by atoms with van der Waals surface area (Å²) >= 11 is 0. The van der Waals surface area contributed by atoms with Crippen LogP contribution in [0.2, 0.25) is 0 Å². The number of epoxide rings is 1. The molecule has 0 radical (unpaired) electrons. The van der Waals surface area contributed by atoms with Crippen molar-refractivity contribution in [1.82, 2.24) is 0 Å². The summed E-state index contributed by atoms with van der Waals surface area (Å²) < 4.78 is 6.51. The van der Waals surface area contributed by atoms with E-state index in [1.165, 1.54) is 57.8 Å². The minimum absolute atomic E-state index is 0.0434. The number of fused-ring (bicyclic) bond motifs is 4. The van der Waals surface area contributed by atoms with Crippen molar-refractivity contribution in [3.05, 3.63) is 0 Å². The van der Waals surface area contributed by atoms with Crippen molar-refractivity contribution in [2.24, 2.45) is 46.3 Å². The first kappa shape index (κ1) is 20.8. The van der Waals surface area contributed by atoms with Crippen LogP contribution < -0.4 is 0 Å². The maximum absolute atomic E-state index is 10.4. The van der Waals surface area contributed by atoms with Crippen LogP contribution in [0.4, 0.5) is 0 Å². The van der Waals surface area contributed by atoms with Crippen LogP contribution in [-0.2, 0) is 4.74 Å². The van der Waals surface area contributed by atoms with Crippen molar-refractivity contribution in [2.75, 3.05) is 0 Å². The van der Waals surface area contributed by atoms with Gasteiger partial charge in [0.2, 0.25) is 0 Å². The van der Waals surface area contributed by atoms with Gasteiger partial charge in [0, 0.05) is 11.8 Å².